The van der Waals surface area contributed by atoms with Crippen molar-refractivity contribution in [3.8, 4) is 0 Å². The van der Waals surface area contributed by atoms with Gasteiger partial charge in [-0.25, -0.2) is 4.79 Å². The fourth-order valence-corrected chi connectivity index (χ4v) is 2.52. The third-order valence-electron chi connectivity index (χ3n) is 4.18. The van der Waals surface area contributed by atoms with Crippen LogP contribution < -0.4 is 0 Å². The highest BCUT2D eigenvalue weighted by Gasteiger charge is 2.71. The molecule has 0 aromatic heterocycles. The maximum Gasteiger partial charge on any atom is 0.428 e. The molecule has 25 heavy (non-hydrogen) atoms. The zero-order valence-electron chi connectivity index (χ0n) is 13.6. The Labute approximate surface area is 140 Å². The van der Waals surface area contributed by atoms with Gasteiger partial charge in [0.25, 0.3) is 5.60 Å². The van der Waals surface area contributed by atoms with E-state index in [1.165, 1.54) is 6.92 Å². The first-order chi connectivity index (χ1) is 11.2. The van der Waals surface area contributed by atoms with Crippen molar-refractivity contribution >= 4 is 5.97 Å². The lowest BCUT2D eigenvalue weighted by atomic mass is 9.96. The van der Waals surface area contributed by atoms with Gasteiger partial charge in [0.05, 0.1) is 18.8 Å². The Hall–Kier alpha value is -1.29. The molecule has 10 heteroatoms. The van der Waals surface area contributed by atoms with E-state index in [-0.39, 0.29) is 31.4 Å². The van der Waals surface area contributed by atoms with E-state index in [2.05, 4.69) is 6.58 Å². The molecule has 0 aromatic carbocycles. The summed E-state index contributed by atoms with van der Waals surface area (Å²) >= 11 is 0. The minimum absolute atomic E-state index is 0.0716. The Balaban J connectivity index is 2.80. The third-order valence-corrected chi connectivity index (χ3v) is 4.18. The van der Waals surface area contributed by atoms with E-state index in [4.69, 9.17) is 9.47 Å². The maximum absolute atomic E-state index is 12.7. The van der Waals surface area contributed by atoms with E-state index in [1.807, 2.05) is 0 Å². The molecule has 1 rings (SSSR count). The molecule has 1 saturated carbocycles. The number of hydrogen-bond acceptors (Lipinski definition) is 4. The molecule has 1 fully saturated rings. The Bertz CT molecular complexity index is 477. The standard InChI is InChI=1S/C15H20F6O4/c1-10(2)11(22)24-8-7-12(5-3-4-6-12)25-9-13(23,14(16,17)18)15(19,20)21/h23H,1,3-9H2,2H3. The lowest BCUT2D eigenvalue weighted by Gasteiger charge is -2.37. The van der Waals surface area contributed by atoms with Crippen molar-refractivity contribution < 1.29 is 45.7 Å². The van der Waals surface area contributed by atoms with Crippen molar-refractivity contribution in [2.75, 3.05) is 13.2 Å². The van der Waals surface area contributed by atoms with Gasteiger partial charge in [-0.1, -0.05) is 19.4 Å². The molecule has 0 bridgehead atoms. The van der Waals surface area contributed by atoms with E-state index >= 15 is 0 Å². The molecule has 1 aliphatic carbocycles. The van der Waals surface area contributed by atoms with Crippen LogP contribution in [0.2, 0.25) is 0 Å². The van der Waals surface area contributed by atoms with Crippen LogP contribution in [0.1, 0.15) is 39.0 Å². The van der Waals surface area contributed by atoms with E-state index in [1.54, 1.807) is 0 Å². The van der Waals surface area contributed by atoms with Crippen LogP contribution in [-0.4, -0.2) is 47.8 Å². The van der Waals surface area contributed by atoms with Crippen LogP contribution in [0.3, 0.4) is 0 Å². The molecule has 0 amide bonds. The number of carbonyl (C=O) groups excluding carboxylic acids is 1. The summed E-state index contributed by atoms with van der Waals surface area (Å²) in [4.78, 5) is 11.3. The lowest BCUT2D eigenvalue weighted by molar-refractivity contribution is -0.383. The molecule has 4 nitrogen and oxygen atoms in total. The fourth-order valence-electron chi connectivity index (χ4n) is 2.52. The second-order valence-electron chi connectivity index (χ2n) is 6.20. The second kappa shape index (κ2) is 7.53. The van der Waals surface area contributed by atoms with Crippen LogP contribution >= 0.6 is 0 Å². The molecular formula is C15H20F6O4. The minimum atomic E-state index is -5.93. The molecular weight excluding hydrogens is 358 g/mol. The summed E-state index contributed by atoms with van der Waals surface area (Å²) in [5.74, 6) is -0.713. The lowest BCUT2D eigenvalue weighted by Crippen LogP contribution is -2.61. The molecule has 0 spiro atoms. The molecule has 0 heterocycles. The Morgan fingerprint density at radius 2 is 1.60 bits per heavy atom. The van der Waals surface area contributed by atoms with Crippen molar-refractivity contribution in [3.63, 3.8) is 0 Å². The average molecular weight is 378 g/mol. The van der Waals surface area contributed by atoms with Crippen molar-refractivity contribution in [1.29, 1.82) is 0 Å². The van der Waals surface area contributed by atoms with E-state index in [0.717, 1.165) is 0 Å². The highest BCUT2D eigenvalue weighted by Crippen LogP contribution is 2.45. The van der Waals surface area contributed by atoms with Crippen molar-refractivity contribution in [3.05, 3.63) is 12.2 Å². The van der Waals surface area contributed by atoms with Gasteiger partial charge >= 0.3 is 18.3 Å². The van der Waals surface area contributed by atoms with Crippen LogP contribution in [0, 0.1) is 0 Å². The molecule has 1 aliphatic rings. The summed E-state index contributed by atoms with van der Waals surface area (Å²) in [6.07, 6.45) is -10.4. The van der Waals surface area contributed by atoms with Gasteiger partial charge in [0, 0.05) is 12.0 Å². The number of alkyl halides is 6. The molecule has 0 aromatic rings. The summed E-state index contributed by atoms with van der Waals surface area (Å²) in [5.41, 5.74) is -6.14. The Kier molecular flexibility index (Phi) is 6.55. The monoisotopic (exact) mass is 378 g/mol. The van der Waals surface area contributed by atoms with Crippen LogP contribution in [0.15, 0.2) is 12.2 Å². The van der Waals surface area contributed by atoms with Crippen molar-refractivity contribution in [2.45, 2.75) is 62.6 Å². The molecule has 0 aliphatic heterocycles. The number of hydrogen-bond donors (Lipinski definition) is 1. The topological polar surface area (TPSA) is 55.8 Å². The summed E-state index contributed by atoms with van der Waals surface area (Å²) in [6, 6.07) is 0. The third kappa shape index (κ3) is 5.10. The summed E-state index contributed by atoms with van der Waals surface area (Å²) in [5, 5.41) is 9.17. The van der Waals surface area contributed by atoms with Crippen LogP contribution in [0.4, 0.5) is 26.3 Å². The van der Waals surface area contributed by atoms with Gasteiger partial charge in [0.2, 0.25) is 0 Å². The normalized spacial score (nSPS) is 18.2. The molecule has 146 valence electrons. The molecule has 0 atom stereocenters. The molecule has 0 radical (unpaired) electrons. The van der Waals surface area contributed by atoms with Gasteiger partial charge in [-0.15, -0.1) is 0 Å². The van der Waals surface area contributed by atoms with Crippen molar-refractivity contribution in [2.24, 2.45) is 0 Å². The fraction of sp³-hybridized carbons (Fsp3) is 0.800. The smallest absolute Gasteiger partial charge is 0.428 e. The minimum Gasteiger partial charge on any atom is -0.462 e. The number of ether oxygens (including phenoxy) is 2. The average Bonchev–Trinajstić information content (AvgIpc) is 2.91. The van der Waals surface area contributed by atoms with Crippen LogP contribution in [0.25, 0.3) is 0 Å². The maximum atomic E-state index is 12.7. The van der Waals surface area contributed by atoms with E-state index < -0.39 is 36.1 Å². The van der Waals surface area contributed by atoms with Gasteiger partial charge < -0.3 is 14.6 Å². The molecule has 1 N–H and O–H groups in total. The first-order valence-electron chi connectivity index (χ1n) is 7.56. The van der Waals surface area contributed by atoms with Gasteiger partial charge in [0.1, 0.15) is 0 Å². The summed E-state index contributed by atoms with van der Waals surface area (Å²) in [6.45, 7) is 2.56. The van der Waals surface area contributed by atoms with Gasteiger partial charge in [-0.3, -0.25) is 0 Å². The highest BCUT2D eigenvalue weighted by molar-refractivity contribution is 5.86. The summed E-state index contributed by atoms with van der Waals surface area (Å²) in [7, 11) is 0. The second-order valence-corrected chi connectivity index (χ2v) is 6.20. The highest BCUT2D eigenvalue weighted by atomic mass is 19.4. The van der Waals surface area contributed by atoms with Gasteiger partial charge in [0.15, 0.2) is 0 Å². The SMILES string of the molecule is C=C(C)C(=O)OCCC1(OCC(O)(C(F)(F)F)C(F)(F)F)CCCC1. The largest absolute Gasteiger partial charge is 0.462 e. The van der Waals surface area contributed by atoms with Gasteiger partial charge in [-0.2, -0.15) is 26.3 Å². The predicted octanol–water partition coefficient (Wildman–Crippen LogP) is 3.68. The van der Waals surface area contributed by atoms with Crippen LogP contribution in [-0.2, 0) is 14.3 Å². The Morgan fingerprint density at radius 3 is 2.00 bits per heavy atom. The van der Waals surface area contributed by atoms with Gasteiger partial charge in [-0.05, 0) is 19.8 Å². The summed E-state index contributed by atoms with van der Waals surface area (Å²) < 4.78 is 86.1. The molecule has 0 saturated heterocycles. The predicted molar refractivity (Wildman–Crippen MR) is 74.6 cm³/mol. The van der Waals surface area contributed by atoms with Crippen LogP contribution in [0.5, 0.6) is 0 Å². The molecule has 0 unspecified atom stereocenters. The quantitative estimate of drug-likeness (QED) is 0.417. The number of halogens is 6. The zero-order valence-corrected chi connectivity index (χ0v) is 13.6. The zero-order chi connectivity index (χ0) is 19.5. The number of rotatable bonds is 7. The number of carbonyl (C=O) groups is 1. The number of esters is 1. The van der Waals surface area contributed by atoms with E-state index in [0.29, 0.717) is 12.8 Å². The Morgan fingerprint density at radius 1 is 1.12 bits per heavy atom. The van der Waals surface area contributed by atoms with E-state index in [9.17, 15) is 36.2 Å². The first kappa shape index (κ1) is 21.8. The number of aliphatic hydroxyl groups is 1. The van der Waals surface area contributed by atoms with Crippen molar-refractivity contribution in [1.82, 2.24) is 0 Å². The first-order valence-corrected chi connectivity index (χ1v) is 7.56.